The number of epoxide rings is 1. The molecule has 1 aliphatic heterocycles. The quantitative estimate of drug-likeness (QED) is 0.686. The Balaban J connectivity index is 2.13. The minimum atomic E-state index is 0.329. The Morgan fingerprint density at radius 3 is 2.36 bits per heavy atom. The molecule has 0 aliphatic carbocycles. The standard InChI is InChI=1S/C12H16O2/c1-8-4-9(2)12(10(3)5-8)14-7-11-6-13-11/h4-5,11H,6-7H2,1-3H3. The molecule has 0 bridgehead atoms. The molecule has 2 nitrogen and oxygen atoms in total. The van der Waals surface area contributed by atoms with Gasteiger partial charge in [-0.2, -0.15) is 0 Å². The van der Waals surface area contributed by atoms with Gasteiger partial charge in [-0.25, -0.2) is 0 Å². The van der Waals surface area contributed by atoms with Crippen molar-refractivity contribution in [2.24, 2.45) is 0 Å². The lowest BCUT2D eigenvalue weighted by molar-refractivity contribution is 0.260. The SMILES string of the molecule is Cc1cc(C)c(OCC2CO2)c(C)c1. The van der Waals surface area contributed by atoms with Gasteiger partial charge in [-0.1, -0.05) is 17.7 Å². The number of hydrogen-bond acceptors (Lipinski definition) is 2. The highest BCUT2D eigenvalue weighted by Gasteiger charge is 2.23. The van der Waals surface area contributed by atoms with Crippen LogP contribution in [0.4, 0.5) is 0 Å². The van der Waals surface area contributed by atoms with Gasteiger partial charge in [0.2, 0.25) is 0 Å². The van der Waals surface area contributed by atoms with Crippen LogP contribution in [0.2, 0.25) is 0 Å². The highest BCUT2D eigenvalue weighted by Crippen LogP contribution is 2.25. The maximum absolute atomic E-state index is 5.72. The largest absolute Gasteiger partial charge is 0.490 e. The van der Waals surface area contributed by atoms with Crippen LogP contribution in [0.5, 0.6) is 5.75 Å². The Hall–Kier alpha value is -1.02. The molecule has 1 aliphatic rings. The Labute approximate surface area is 84.8 Å². The van der Waals surface area contributed by atoms with Crippen molar-refractivity contribution in [3.63, 3.8) is 0 Å². The molecule has 1 aromatic carbocycles. The van der Waals surface area contributed by atoms with Gasteiger partial charge in [-0.3, -0.25) is 0 Å². The van der Waals surface area contributed by atoms with E-state index in [0.29, 0.717) is 12.7 Å². The Kier molecular flexibility index (Phi) is 2.46. The highest BCUT2D eigenvalue weighted by atomic mass is 16.6. The number of benzene rings is 1. The van der Waals surface area contributed by atoms with Crippen molar-refractivity contribution in [3.05, 3.63) is 28.8 Å². The Bertz CT molecular complexity index is 317. The first kappa shape index (κ1) is 9.53. The minimum Gasteiger partial charge on any atom is -0.490 e. The van der Waals surface area contributed by atoms with Crippen LogP contribution in [0.25, 0.3) is 0 Å². The van der Waals surface area contributed by atoms with Gasteiger partial charge in [0.1, 0.15) is 18.5 Å². The average Bonchev–Trinajstić information content (AvgIpc) is 2.85. The summed E-state index contributed by atoms with van der Waals surface area (Å²) in [6.07, 6.45) is 0.329. The molecule has 0 N–H and O–H groups in total. The summed E-state index contributed by atoms with van der Waals surface area (Å²) in [5, 5.41) is 0. The molecule has 76 valence electrons. The monoisotopic (exact) mass is 192 g/mol. The van der Waals surface area contributed by atoms with Crippen molar-refractivity contribution in [2.45, 2.75) is 26.9 Å². The fraction of sp³-hybridized carbons (Fsp3) is 0.500. The molecule has 0 aromatic heterocycles. The van der Waals surface area contributed by atoms with E-state index in [1.807, 2.05) is 0 Å². The van der Waals surface area contributed by atoms with Gasteiger partial charge in [0.25, 0.3) is 0 Å². The third-order valence-electron chi connectivity index (χ3n) is 2.42. The second-order valence-electron chi connectivity index (χ2n) is 3.99. The van der Waals surface area contributed by atoms with Crippen LogP contribution in [-0.4, -0.2) is 19.3 Å². The van der Waals surface area contributed by atoms with Gasteiger partial charge in [-0.05, 0) is 31.9 Å². The molecule has 1 atom stereocenters. The van der Waals surface area contributed by atoms with Crippen molar-refractivity contribution in [1.82, 2.24) is 0 Å². The first-order valence-corrected chi connectivity index (χ1v) is 4.99. The fourth-order valence-corrected chi connectivity index (χ4v) is 1.73. The molecule has 0 saturated carbocycles. The zero-order chi connectivity index (χ0) is 10.1. The van der Waals surface area contributed by atoms with Crippen LogP contribution in [0.15, 0.2) is 12.1 Å². The molecule has 0 amide bonds. The molecule has 1 unspecified atom stereocenters. The predicted octanol–water partition coefficient (Wildman–Crippen LogP) is 2.39. The lowest BCUT2D eigenvalue weighted by Crippen LogP contribution is -2.06. The summed E-state index contributed by atoms with van der Waals surface area (Å²) < 4.78 is 10.8. The molecule has 0 spiro atoms. The third kappa shape index (κ3) is 2.07. The van der Waals surface area contributed by atoms with Crippen LogP contribution in [0.3, 0.4) is 0 Å². The zero-order valence-electron chi connectivity index (χ0n) is 8.96. The van der Waals surface area contributed by atoms with Crippen molar-refractivity contribution in [3.8, 4) is 5.75 Å². The summed E-state index contributed by atoms with van der Waals surface area (Å²) in [7, 11) is 0. The summed E-state index contributed by atoms with van der Waals surface area (Å²) in [6, 6.07) is 4.30. The molecular weight excluding hydrogens is 176 g/mol. The van der Waals surface area contributed by atoms with Crippen molar-refractivity contribution < 1.29 is 9.47 Å². The van der Waals surface area contributed by atoms with Gasteiger partial charge in [0, 0.05) is 0 Å². The lowest BCUT2D eigenvalue weighted by Gasteiger charge is -2.11. The molecule has 1 fully saturated rings. The van der Waals surface area contributed by atoms with Crippen LogP contribution < -0.4 is 4.74 Å². The van der Waals surface area contributed by atoms with Gasteiger partial charge < -0.3 is 9.47 Å². The second-order valence-corrected chi connectivity index (χ2v) is 3.99. The molecule has 1 heterocycles. The Morgan fingerprint density at radius 1 is 1.29 bits per heavy atom. The average molecular weight is 192 g/mol. The van der Waals surface area contributed by atoms with E-state index in [4.69, 9.17) is 9.47 Å². The minimum absolute atomic E-state index is 0.329. The summed E-state index contributed by atoms with van der Waals surface area (Å²) in [5.74, 6) is 1.02. The molecule has 1 aromatic rings. The van der Waals surface area contributed by atoms with Gasteiger partial charge >= 0.3 is 0 Å². The van der Waals surface area contributed by atoms with E-state index in [2.05, 4.69) is 32.9 Å². The normalized spacial score (nSPS) is 19.5. The topological polar surface area (TPSA) is 21.8 Å². The number of rotatable bonds is 3. The number of hydrogen-bond donors (Lipinski definition) is 0. The summed E-state index contributed by atoms with van der Waals surface area (Å²) in [4.78, 5) is 0. The maximum Gasteiger partial charge on any atom is 0.125 e. The lowest BCUT2D eigenvalue weighted by atomic mass is 10.1. The van der Waals surface area contributed by atoms with Crippen molar-refractivity contribution >= 4 is 0 Å². The van der Waals surface area contributed by atoms with Crippen LogP contribution in [0, 0.1) is 20.8 Å². The molecule has 14 heavy (non-hydrogen) atoms. The third-order valence-corrected chi connectivity index (χ3v) is 2.42. The molecule has 1 saturated heterocycles. The predicted molar refractivity (Wildman–Crippen MR) is 55.9 cm³/mol. The van der Waals surface area contributed by atoms with E-state index in [-0.39, 0.29) is 0 Å². The summed E-state index contributed by atoms with van der Waals surface area (Å²) >= 11 is 0. The molecular formula is C12H16O2. The van der Waals surface area contributed by atoms with Crippen molar-refractivity contribution in [2.75, 3.05) is 13.2 Å². The molecule has 2 heteroatoms. The van der Waals surface area contributed by atoms with E-state index < -0.39 is 0 Å². The zero-order valence-corrected chi connectivity index (χ0v) is 8.96. The molecule has 0 radical (unpaired) electrons. The van der Waals surface area contributed by atoms with Crippen LogP contribution in [-0.2, 0) is 4.74 Å². The van der Waals surface area contributed by atoms with E-state index in [1.165, 1.54) is 16.7 Å². The van der Waals surface area contributed by atoms with Gasteiger partial charge in [-0.15, -0.1) is 0 Å². The van der Waals surface area contributed by atoms with E-state index in [0.717, 1.165) is 12.4 Å². The summed E-state index contributed by atoms with van der Waals surface area (Å²) in [5.41, 5.74) is 3.71. The molecule has 2 rings (SSSR count). The van der Waals surface area contributed by atoms with E-state index in [9.17, 15) is 0 Å². The van der Waals surface area contributed by atoms with E-state index >= 15 is 0 Å². The van der Waals surface area contributed by atoms with Crippen LogP contribution >= 0.6 is 0 Å². The Morgan fingerprint density at radius 2 is 1.86 bits per heavy atom. The first-order valence-electron chi connectivity index (χ1n) is 4.99. The summed E-state index contributed by atoms with van der Waals surface area (Å²) in [6.45, 7) is 7.81. The fourth-order valence-electron chi connectivity index (χ4n) is 1.73. The van der Waals surface area contributed by atoms with Gasteiger partial charge in [0.05, 0.1) is 6.61 Å². The van der Waals surface area contributed by atoms with Crippen LogP contribution in [0.1, 0.15) is 16.7 Å². The maximum atomic E-state index is 5.72. The number of ether oxygens (including phenoxy) is 2. The second kappa shape index (κ2) is 3.62. The first-order chi connectivity index (χ1) is 6.66. The highest BCUT2D eigenvalue weighted by molar-refractivity contribution is 5.42. The van der Waals surface area contributed by atoms with Gasteiger partial charge in [0.15, 0.2) is 0 Å². The smallest absolute Gasteiger partial charge is 0.125 e. The van der Waals surface area contributed by atoms with E-state index in [1.54, 1.807) is 0 Å². The van der Waals surface area contributed by atoms with Crippen molar-refractivity contribution in [1.29, 1.82) is 0 Å². The number of aryl methyl sites for hydroxylation is 3.